The fraction of sp³-hybridized carbons (Fsp3) is 0.833. The second-order valence-corrected chi connectivity index (χ2v) is 4.71. The lowest BCUT2D eigenvalue weighted by Crippen LogP contribution is -2.42. The van der Waals surface area contributed by atoms with Gasteiger partial charge in [0, 0.05) is 18.5 Å². The Bertz CT molecular complexity index is 281. The summed E-state index contributed by atoms with van der Waals surface area (Å²) in [7, 11) is 0. The Balaban J connectivity index is 2.37. The zero-order valence-corrected chi connectivity index (χ0v) is 10.5. The maximum absolute atomic E-state index is 11.7. The first kappa shape index (κ1) is 14.0. The fourth-order valence-electron chi connectivity index (χ4n) is 2.39. The number of amides is 1. The van der Waals surface area contributed by atoms with Gasteiger partial charge in [0.2, 0.25) is 5.91 Å². The third kappa shape index (κ3) is 4.34. The SMILES string of the molecule is CCNC(C)CC(=O)NC1CCCC1C(=O)O. The molecule has 3 N–H and O–H groups in total. The van der Waals surface area contributed by atoms with Crippen LogP contribution >= 0.6 is 0 Å². The number of hydrogen-bond donors (Lipinski definition) is 3. The van der Waals surface area contributed by atoms with Crippen LogP contribution in [0.3, 0.4) is 0 Å². The maximum atomic E-state index is 11.7. The lowest BCUT2D eigenvalue weighted by Gasteiger charge is -2.19. The molecule has 3 atom stereocenters. The lowest BCUT2D eigenvalue weighted by molar-refractivity contribution is -0.142. The summed E-state index contributed by atoms with van der Waals surface area (Å²) >= 11 is 0. The van der Waals surface area contributed by atoms with Crippen molar-refractivity contribution in [3.63, 3.8) is 0 Å². The Morgan fingerprint density at radius 1 is 1.41 bits per heavy atom. The Hall–Kier alpha value is -1.10. The molecule has 0 aromatic rings. The van der Waals surface area contributed by atoms with Crippen LogP contribution < -0.4 is 10.6 Å². The van der Waals surface area contributed by atoms with E-state index in [-0.39, 0.29) is 18.0 Å². The van der Waals surface area contributed by atoms with Crippen LogP contribution in [0.15, 0.2) is 0 Å². The van der Waals surface area contributed by atoms with Gasteiger partial charge in [-0.05, 0) is 26.3 Å². The first-order valence-corrected chi connectivity index (χ1v) is 6.30. The van der Waals surface area contributed by atoms with E-state index in [4.69, 9.17) is 5.11 Å². The number of nitrogens with one attached hydrogen (secondary N) is 2. The summed E-state index contributed by atoms with van der Waals surface area (Å²) in [6, 6.07) is -0.0569. The molecule has 1 amide bonds. The van der Waals surface area contributed by atoms with Crippen LogP contribution in [0.2, 0.25) is 0 Å². The molecule has 1 fully saturated rings. The van der Waals surface area contributed by atoms with Gasteiger partial charge in [0.1, 0.15) is 0 Å². The van der Waals surface area contributed by atoms with Crippen molar-refractivity contribution in [1.82, 2.24) is 10.6 Å². The average Bonchev–Trinajstić information content (AvgIpc) is 2.65. The summed E-state index contributed by atoms with van der Waals surface area (Å²) in [5, 5.41) is 15.0. The third-order valence-corrected chi connectivity index (χ3v) is 3.22. The highest BCUT2D eigenvalue weighted by Gasteiger charge is 2.33. The Morgan fingerprint density at radius 3 is 2.71 bits per heavy atom. The second kappa shape index (κ2) is 6.59. The minimum Gasteiger partial charge on any atom is -0.481 e. The molecule has 1 rings (SSSR count). The molecule has 3 unspecified atom stereocenters. The molecule has 0 spiro atoms. The number of rotatable bonds is 6. The zero-order chi connectivity index (χ0) is 12.8. The molecule has 0 saturated heterocycles. The van der Waals surface area contributed by atoms with Gasteiger partial charge in [0.25, 0.3) is 0 Å². The molecule has 0 radical (unpaired) electrons. The topological polar surface area (TPSA) is 78.4 Å². The van der Waals surface area contributed by atoms with E-state index >= 15 is 0 Å². The molecule has 1 saturated carbocycles. The van der Waals surface area contributed by atoms with Crippen molar-refractivity contribution >= 4 is 11.9 Å². The molecule has 0 aromatic heterocycles. The van der Waals surface area contributed by atoms with Gasteiger partial charge in [-0.1, -0.05) is 13.3 Å². The van der Waals surface area contributed by atoms with Crippen molar-refractivity contribution in [2.24, 2.45) is 5.92 Å². The number of carbonyl (C=O) groups is 2. The minimum atomic E-state index is -0.799. The second-order valence-electron chi connectivity index (χ2n) is 4.71. The molecular formula is C12H22N2O3. The standard InChI is InChI=1S/C12H22N2O3/c1-3-13-8(2)7-11(15)14-10-6-4-5-9(10)12(16)17/h8-10,13H,3-7H2,1-2H3,(H,14,15)(H,16,17). The van der Waals surface area contributed by atoms with Gasteiger partial charge < -0.3 is 15.7 Å². The van der Waals surface area contributed by atoms with Gasteiger partial charge in [0.05, 0.1) is 5.92 Å². The maximum Gasteiger partial charge on any atom is 0.308 e. The first-order valence-electron chi connectivity index (χ1n) is 6.30. The van der Waals surface area contributed by atoms with Gasteiger partial charge in [0.15, 0.2) is 0 Å². The highest BCUT2D eigenvalue weighted by Crippen LogP contribution is 2.25. The summed E-state index contributed by atoms with van der Waals surface area (Å²) in [6.45, 7) is 4.77. The van der Waals surface area contributed by atoms with Gasteiger partial charge in [-0.3, -0.25) is 9.59 Å². The van der Waals surface area contributed by atoms with Crippen LogP contribution in [0.5, 0.6) is 0 Å². The summed E-state index contributed by atoms with van der Waals surface area (Å²) in [6.07, 6.45) is 2.72. The van der Waals surface area contributed by atoms with Gasteiger partial charge in [-0.15, -0.1) is 0 Å². The van der Waals surface area contributed by atoms with E-state index in [1.54, 1.807) is 0 Å². The van der Waals surface area contributed by atoms with Crippen LogP contribution in [0.4, 0.5) is 0 Å². The Kier molecular flexibility index (Phi) is 5.41. The molecule has 17 heavy (non-hydrogen) atoms. The number of carboxylic acid groups (broad SMARTS) is 1. The lowest BCUT2D eigenvalue weighted by atomic mass is 10.0. The minimum absolute atomic E-state index is 0.0587. The molecule has 0 bridgehead atoms. The molecule has 0 heterocycles. The van der Waals surface area contributed by atoms with E-state index in [1.807, 2.05) is 13.8 Å². The number of aliphatic carboxylic acids is 1. The van der Waals surface area contributed by atoms with E-state index in [1.165, 1.54) is 0 Å². The molecule has 5 heteroatoms. The molecule has 1 aliphatic rings. The average molecular weight is 242 g/mol. The Labute approximate surface area is 102 Å². The molecular weight excluding hydrogens is 220 g/mol. The highest BCUT2D eigenvalue weighted by atomic mass is 16.4. The van der Waals surface area contributed by atoms with E-state index in [2.05, 4.69) is 10.6 Å². The van der Waals surface area contributed by atoms with Crippen LogP contribution in [-0.2, 0) is 9.59 Å². The number of carboxylic acids is 1. The van der Waals surface area contributed by atoms with Gasteiger partial charge >= 0.3 is 5.97 Å². The summed E-state index contributed by atoms with van der Waals surface area (Å²) in [5.41, 5.74) is 0. The van der Waals surface area contributed by atoms with Crippen molar-refractivity contribution in [3.8, 4) is 0 Å². The smallest absolute Gasteiger partial charge is 0.308 e. The van der Waals surface area contributed by atoms with E-state index in [0.717, 1.165) is 19.4 Å². The predicted molar refractivity (Wildman–Crippen MR) is 64.7 cm³/mol. The number of hydrogen-bond acceptors (Lipinski definition) is 3. The number of carbonyl (C=O) groups excluding carboxylic acids is 1. The normalized spacial score (nSPS) is 25.5. The largest absolute Gasteiger partial charge is 0.481 e. The Morgan fingerprint density at radius 2 is 2.12 bits per heavy atom. The van der Waals surface area contributed by atoms with Crippen molar-refractivity contribution in [3.05, 3.63) is 0 Å². The van der Waals surface area contributed by atoms with Crippen LogP contribution in [-0.4, -0.2) is 35.6 Å². The van der Waals surface area contributed by atoms with Gasteiger partial charge in [-0.25, -0.2) is 0 Å². The van der Waals surface area contributed by atoms with E-state index < -0.39 is 11.9 Å². The van der Waals surface area contributed by atoms with Crippen molar-refractivity contribution in [1.29, 1.82) is 0 Å². The fourth-order valence-corrected chi connectivity index (χ4v) is 2.39. The molecule has 0 aromatic carbocycles. The van der Waals surface area contributed by atoms with Crippen LogP contribution in [0.25, 0.3) is 0 Å². The predicted octanol–water partition coefficient (Wildman–Crippen LogP) is 0.744. The third-order valence-electron chi connectivity index (χ3n) is 3.22. The first-order chi connectivity index (χ1) is 8.04. The van der Waals surface area contributed by atoms with Gasteiger partial charge in [-0.2, -0.15) is 0 Å². The van der Waals surface area contributed by atoms with Crippen molar-refractivity contribution in [2.45, 2.75) is 51.6 Å². The molecule has 98 valence electrons. The summed E-state index contributed by atoms with van der Waals surface area (Å²) in [4.78, 5) is 22.7. The molecule has 1 aliphatic carbocycles. The highest BCUT2D eigenvalue weighted by molar-refractivity contribution is 5.78. The van der Waals surface area contributed by atoms with Crippen LogP contribution in [0.1, 0.15) is 39.5 Å². The van der Waals surface area contributed by atoms with Crippen molar-refractivity contribution in [2.75, 3.05) is 6.54 Å². The van der Waals surface area contributed by atoms with E-state index in [0.29, 0.717) is 12.8 Å². The zero-order valence-electron chi connectivity index (χ0n) is 10.5. The van der Waals surface area contributed by atoms with Crippen LogP contribution in [0, 0.1) is 5.92 Å². The summed E-state index contributed by atoms with van der Waals surface area (Å²) < 4.78 is 0. The molecule has 0 aliphatic heterocycles. The quantitative estimate of drug-likeness (QED) is 0.642. The summed E-state index contributed by atoms with van der Waals surface area (Å²) in [5.74, 6) is -1.27. The van der Waals surface area contributed by atoms with E-state index in [9.17, 15) is 9.59 Å². The van der Waals surface area contributed by atoms with Crippen molar-refractivity contribution < 1.29 is 14.7 Å². The molecule has 5 nitrogen and oxygen atoms in total. The monoisotopic (exact) mass is 242 g/mol.